The maximum absolute atomic E-state index is 10.6. The van der Waals surface area contributed by atoms with Crippen molar-refractivity contribution in [3.8, 4) is 0 Å². The van der Waals surface area contributed by atoms with E-state index in [0.29, 0.717) is 13.0 Å². The SMILES string of the molecule is CCC(C)(C)OCCC(O)(CN)c1ccccc1. The highest BCUT2D eigenvalue weighted by Gasteiger charge is 2.28. The molecule has 0 amide bonds. The van der Waals surface area contributed by atoms with Crippen LogP contribution < -0.4 is 5.73 Å². The molecular weight excluding hydrogens is 226 g/mol. The molecule has 0 radical (unpaired) electrons. The van der Waals surface area contributed by atoms with Crippen LogP contribution in [-0.2, 0) is 10.3 Å². The van der Waals surface area contributed by atoms with Crippen LogP contribution in [0.2, 0.25) is 0 Å². The fourth-order valence-electron chi connectivity index (χ4n) is 1.71. The zero-order valence-electron chi connectivity index (χ0n) is 11.6. The normalized spacial score (nSPS) is 15.4. The zero-order chi connectivity index (χ0) is 13.6. The maximum atomic E-state index is 10.6. The van der Waals surface area contributed by atoms with Crippen molar-refractivity contribution in [2.75, 3.05) is 13.2 Å². The number of hydrogen-bond donors (Lipinski definition) is 2. The van der Waals surface area contributed by atoms with Crippen LogP contribution in [0.3, 0.4) is 0 Å². The number of nitrogens with two attached hydrogens (primary N) is 1. The van der Waals surface area contributed by atoms with Crippen molar-refractivity contribution >= 4 is 0 Å². The molecule has 1 rings (SSSR count). The van der Waals surface area contributed by atoms with Crippen LogP contribution in [0.25, 0.3) is 0 Å². The Morgan fingerprint density at radius 2 is 1.83 bits per heavy atom. The topological polar surface area (TPSA) is 55.5 Å². The van der Waals surface area contributed by atoms with E-state index in [2.05, 4.69) is 20.8 Å². The summed E-state index contributed by atoms with van der Waals surface area (Å²) < 4.78 is 5.78. The van der Waals surface area contributed by atoms with Gasteiger partial charge in [-0.25, -0.2) is 0 Å². The molecular formula is C15H25NO2. The molecule has 3 nitrogen and oxygen atoms in total. The van der Waals surface area contributed by atoms with E-state index in [1.54, 1.807) is 0 Å². The van der Waals surface area contributed by atoms with Crippen LogP contribution in [-0.4, -0.2) is 23.9 Å². The van der Waals surface area contributed by atoms with Crippen molar-refractivity contribution in [3.05, 3.63) is 35.9 Å². The van der Waals surface area contributed by atoms with Crippen LogP contribution >= 0.6 is 0 Å². The van der Waals surface area contributed by atoms with E-state index >= 15 is 0 Å². The predicted octanol–water partition coefficient (Wildman–Crippen LogP) is 2.43. The average molecular weight is 251 g/mol. The summed E-state index contributed by atoms with van der Waals surface area (Å²) in [5.41, 5.74) is 5.43. The van der Waals surface area contributed by atoms with Gasteiger partial charge in [-0.3, -0.25) is 0 Å². The Morgan fingerprint density at radius 3 is 2.33 bits per heavy atom. The van der Waals surface area contributed by atoms with E-state index in [0.717, 1.165) is 12.0 Å². The van der Waals surface area contributed by atoms with Crippen molar-refractivity contribution in [1.82, 2.24) is 0 Å². The molecule has 0 spiro atoms. The third-order valence-electron chi connectivity index (χ3n) is 3.51. The third kappa shape index (κ3) is 4.09. The lowest BCUT2D eigenvalue weighted by Gasteiger charge is -2.30. The molecule has 102 valence electrons. The number of benzene rings is 1. The molecule has 1 aromatic rings. The van der Waals surface area contributed by atoms with E-state index < -0.39 is 5.60 Å². The Balaban J connectivity index is 2.62. The van der Waals surface area contributed by atoms with E-state index in [1.165, 1.54) is 0 Å². The average Bonchev–Trinajstić information content (AvgIpc) is 2.39. The second-order valence-corrected chi connectivity index (χ2v) is 5.31. The highest BCUT2D eigenvalue weighted by Crippen LogP contribution is 2.25. The fraction of sp³-hybridized carbons (Fsp3) is 0.600. The van der Waals surface area contributed by atoms with Crippen LogP contribution in [0, 0.1) is 0 Å². The van der Waals surface area contributed by atoms with Gasteiger partial charge in [-0.05, 0) is 25.8 Å². The van der Waals surface area contributed by atoms with Gasteiger partial charge in [0.25, 0.3) is 0 Å². The zero-order valence-corrected chi connectivity index (χ0v) is 11.6. The maximum Gasteiger partial charge on any atom is 0.104 e. The molecule has 0 saturated carbocycles. The standard InChI is InChI=1S/C15H25NO2/c1-4-14(2,3)18-11-10-15(17,12-16)13-8-6-5-7-9-13/h5-9,17H,4,10-12,16H2,1-3H3. The van der Waals surface area contributed by atoms with Gasteiger partial charge in [0.2, 0.25) is 0 Å². The Bertz CT molecular complexity index is 351. The lowest BCUT2D eigenvalue weighted by atomic mass is 9.91. The lowest BCUT2D eigenvalue weighted by molar-refractivity contribution is -0.0568. The first-order valence-electron chi connectivity index (χ1n) is 6.55. The molecule has 0 aliphatic heterocycles. The smallest absolute Gasteiger partial charge is 0.104 e. The molecule has 0 fully saturated rings. The van der Waals surface area contributed by atoms with Gasteiger partial charge in [0, 0.05) is 13.0 Å². The highest BCUT2D eigenvalue weighted by molar-refractivity contribution is 5.22. The van der Waals surface area contributed by atoms with Crippen LogP contribution in [0.4, 0.5) is 0 Å². The summed E-state index contributed by atoms with van der Waals surface area (Å²) >= 11 is 0. The minimum Gasteiger partial charge on any atom is -0.384 e. The molecule has 1 aromatic carbocycles. The van der Waals surface area contributed by atoms with Crippen LogP contribution in [0.1, 0.15) is 39.2 Å². The molecule has 0 heterocycles. The number of ether oxygens (including phenoxy) is 1. The molecule has 0 aliphatic rings. The van der Waals surface area contributed by atoms with Gasteiger partial charge in [0.15, 0.2) is 0 Å². The van der Waals surface area contributed by atoms with Crippen LogP contribution in [0.5, 0.6) is 0 Å². The first-order chi connectivity index (χ1) is 8.43. The lowest BCUT2D eigenvalue weighted by Crippen LogP contribution is -2.37. The molecule has 0 saturated heterocycles. The second kappa shape index (κ2) is 6.32. The van der Waals surface area contributed by atoms with E-state index in [9.17, 15) is 5.11 Å². The monoisotopic (exact) mass is 251 g/mol. The number of hydrogen-bond acceptors (Lipinski definition) is 3. The quantitative estimate of drug-likeness (QED) is 0.782. The largest absolute Gasteiger partial charge is 0.384 e. The van der Waals surface area contributed by atoms with Crippen molar-refractivity contribution < 1.29 is 9.84 Å². The Hall–Kier alpha value is -0.900. The number of rotatable bonds is 7. The third-order valence-corrected chi connectivity index (χ3v) is 3.51. The molecule has 18 heavy (non-hydrogen) atoms. The van der Waals surface area contributed by atoms with Gasteiger partial charge in [-0.2, -0.15) is 0 Å². The highest BCUT2D eigenvalue weighted by atomic mass is 16.5. The molecule has 3 heteroatoms. The first-order valence-corrected chi connectivity index (χ1v) is 6.55. The van der Waals surface area contributed by atoms with Gasteiger partial charge in [0.1, 0.15) is 5.60 Å². The summed E-state index contributed by atoms with van der Waals surface area (Å²) in [6.07, 6.45) is 1.45. The van der Waals surface area contributed by atoms with Gasteiger partial charge in [0.05, 0.1) is 12.2 Å². The van der Waals surface area contributed by atoms with Gasteiger partial charge in [-0.15, -0.1) is 0 Å². The summed E-state index contributed by atoms with van der Waals surface area (Å²) in [6.45, 7) is 6.90. The minimum absolute atomic E-state index is 0.147. The van der Waals surface area contributed by atoms with E-state index in [4.69, 9.17) is 10.5 Å². The van der Waals surface area contributed by atoms with Crippen molar-refractivity contribution in [3.63, 3.8) is 0 Å². The molecule has 0 aromatic heterocycles. The minimum atomic E-state index is -0.995. The van der Waals surface area contributed by atoms with Gasteiger partial charge >= 0.3 is 0 Å². The summed E-state index contributed by atoms with van der Waals surface area (Å²) in [6, 6.07) is 9.55. The summed E-state index contributed by atoms with van der Waals surface area (Å²) in [4.78, 5) is 0. The van der Waals surface area contributed by atoms with Crippen molar-refractivity contribution in [2.24, 2.45) is 5.73 Å². The summed E-state index contributed by atoms with van der Waals surface area (Å²) in [7, 11) is 0. The van der Waals surface area contributed by atoms with Crippen molar-refractivity contribution in [1.29, 1.82) is 0 Å². The molecule has 3 N–H and O–H groups in total. The second-order valence-electron chi connectivity index (χ2n) is 5.31. The summed E-state index contributed by atoms with van der Waals surface area (Å²) in [5.74, 6) is 0. The fourth-order valence-corrected chi connectivity index (χ4v) is 1.71. The summed E-state index contributed by atoms with van der Waals surface area (Å²) in [5, 5.41) is 10.6. The Kier molecular flexibility index (Phi) is 5.32. The van der Waals surface area contributed by atoms with Crippen molar-refractivity contribution in [2.45, 2.75) is 44.8 Å². The van der Waals surface area contributed by atoms with Gasteiger partial charge in [-0.1, -0.05) is 37.3 Å². The Morgan fingerprint density at radius 1 is 1.22 bits per heavy atom. The molecule has 0 bridgehead atoms. The first kappa shape index (κ1) is 15.2. The Labute approximate surface area is 110 Å². The number of aliphatic hydroxyl groups is 1. The molecule has 0 aliphatic carbocycles. The van der Waals surface area contributed by atoms with E-state index in [-0.39, 0.29) is 12.1 Å². The van der Waals surface area contributed by atoms with E-state index in [1.807, 2.05) is 30.3 Å². The predicted molar refractivity (Wildman–Crippen MR) is 74.3 cm³/mol. The van der Waals surface area contributed by atoms with Crippen LogP contribution in [0.15, 0.2) is 30.3 Å². The molecule has 1 atom stereocenters. The molecule has 1 unspecified atom stereocenters. The van der Waals surface area contributed by atoms with Gasteiger partial charge < -0.3 is 15.6 Å².